The summed E-state index contributed by atoms with van der Waals surface area (Å²) in [4.78, 5) is 42.7. The summed E-state index contributed by atoms with van der Waals surface area (Å²) in [5.74, 6) is 2.52. The van der Waals surface area contributed by atoms with E-state index >= 15 is 0 Å². The van der Waals surface area contributed by atoms with Gasteiger partial charge in [-0.25, -0.2) is 0 Å². The third-order valence-electron chi connectivity index (χ3n) is 13.9. The Morgan fingerprint density at radius 3 is 0.607 bits per heavy atom. The van der Waals surface area contributed by atoms with E-state index in [0.717, 1.165) is 62.7 Å². The van der Waals surface area contributed by atoms with Gasteiger partial charge in [-0.3, -0.25) is 0 Å². The maximum absolute atomic E-state index is 14.2. The molecule has 0 aliphatic heterocycles. The molecule has 3 nitrogen and oxygen atoms in total. The first-order chi connectivity index (χ1) is 29.6. The average Bonchev–Trinajstić information content (AvgIpc) is 3.22. The molecule has 0 aromatic rings. The number of unbranched alkanes of at least 4 members (excludes halogenated alkanes) is 33. The van der Waals surface area contributed by atoms with Crippen molar-refractivity contribution < 1.29 is 31.0 Å². The van der Waals surface area contributed by atoms with E-state index in [9.17, 15) is 14.4 Å². The molecule has 0 aromatic heterocycles. The van der Waals surface area contributed by atoms with E-state index in [1.54, 1.807) is 0 Å². The summed E-state index contributed by atoms with van der Waals surface area (Å²) in [5.41, 5.74) is 0. The molecule has 0 amide bonds. The van der Waals surface area contributed by atoms with Gasteiger partial charge >= 0.3 is 273 Å². The fourth-order valence-electron chi connectivity index (χ4n) is 9.72. The van der Waals surface area contributed by atoms with E-state index in [0.29, 0.717) is 24.0 Å². The van der Waals surface area contributed by atoms with E-state index in [1.807, 2.05) is 0 Å². The van der Waals surface area contributed by atoms with Crippen molar-refractivity contribution in [2.45, 2.75) is 329 Å². The molecular weight excluding hydrogens is 780 g/mol. The molecule has 0 atom stereocenters. The molecule has 0 radical (unpaired) electrons. The van der Waals surface area contributed by atoms with Gasteiger partial charge in [-0.2, -0.15) is 0 Å². The molecule has 0 heterocycles. The van der Waals surface area contributed by atoms with Crippen LogP contribution >= 0.6 is 0 Å². The Kier molecular flexibility index (Phi) is 44.7. The van der Waals surface area contributed by atoms with Crippen molar-refractivity contribution in [2.24, 2.45) is 17.8 Å². The molecule has 0 spiro atoms. The smallest absolute Gasteiger partial charge is 0.0628 e. The van der Waals surface area contributed by atoms with Crippen LogP contribution in [-0.2, 0) is 31.0 Å². The van der Waals surface area contributed by atoms with Crippen LogP contribution in [0.4, 0.5) is 0 Å². The molecule has 0 unspecified atom stereocenters. The van der Waals surface area contributed by atoms with E-state index in [-0.39, 0.29) is 12.3 Å². The zero-order chi connectivity index (χ0) is 45.1. The Labute approximate surface area is 388 Å². The summed E-state index contributed by atoms with van der Waals surface area (Å²) in [6.45, 7) is 16.1. The first kappa shape index (κ1) is 60.7. The standard InChI is InChI=1S/3C18H35O.C3H7.Ti/c3*1-18(2)16-14-12-10-8-6-4-3-5-7-9-11-13-15-17-19;1-3-2;/h3*18H,3-16H2,1-2H3;1,3H2,2H3;. The third kappa shape index (κ3) is 37.6. The summed E-state index contributed by atoms with van der Waals surface area (Å²) < 4.78 is 1.03. The van der Waals surface area contributed by atoms with Gasteiger partial charge < -0.3 is 0 Å². The summed E-state index contributed by atoms with van der Waals surface area (Å²) in [5, 5.41) is 0. The van der Waals surface area contributed by atoms with Gasteiger partial charge in [0.2, 0.25) is 0 Å². The van der Waals surface area contributed by atoms with Crippen molar-refractivity contribution in [3.05, 3.63) is 0 Å². The molecule has 0 aromatic carbocycles. The molecule has 0 saturated heterocycles. The van der Waals surface area contributed by atoms with Crippen LogP contribution < -0.4 is 0 Å². The van der Waals surface area contributed by atoms with E-state index < -0.39 is 16.6 Å². The molecule has 0 bridgehead atoms. The maximum atomic E-state index is 14.2. The molecule has 0 N–H and O–H groups in total. The quantitative estimate of drug-likeness (QED) is 0.0452. The van der Waals surface area contributed by atoms with Crippen molar-refractivity contribution in [1.29, 1.82) is 0 Å². The van der Waals surface area contributed by atoms with Crippen LogP contribution in [0.3, 0.4) is 0 Å². The molecule has 0 saturated carbocycles. The van der Waals surface area contributed by atoms with Gasteiger partial charge in [-0.05, 0) is 17.8 Å². The SMILES string of the molecule is CC[CH2][Ti]([C](=O)CCCCCCCCCCCCCCC(C)C)([C](=O)CCCCCCCCCCCCCCC(C)C)[C](=O)CCCCCCCCCCCCCCC(C)C. The van der Waals surface area contributed by atoms with Crippen LogP contribution in [0.2, 0.25) is 4.73 Å². The topological polar surface area (TPSA) is 51.2 Å². The molecule has 61 heavy (non-hydrogen) atoms. The van der Waals surface area contributed by atoms with Gasteiger partial charge in [0.15, 0.2) is 0 Å². The van der Waals surface area contributed by atoms with Crippen LogP contribution in [0.15, 0.2) is 0 Å². The fraction of sp³-hybridized carbons (Fsp3) is 0.947. The van der Waals surface area contributed by atoms with Crippen molar-refractivity contribution in [1.82, 2.24) is 0 Å². The third-order valence-corrected chi connectivity index (χ3v) is 21.4. The van der Waals surface area contributed by atoms with Gasteiger partial charge in [-0.15, -0.1) is 0 Å². The predicted octanol–water partition coefficient (Wildman–Crippen LogP) is 19.9. The summed E-state index contributed by atoms with van der Waals surface area (Å²) >= 11 is -4.04. The number of hydrogen-bond donors (Lipinski definition) is 0. The van der Waals surface area contributed by atoms with Crippen molar-refractivity contribution in [2.75, 3.05) is 0 Å². The second-order valence-electron chi connectivity index (χ2n) is 21.5. The Balaban J connectivity index is 4.75. The Bertz CT molecular complexity index is 853. The number of carbonyl (C=O) groups excluding carboxylic acids is 3. The zero-order valence-electron chi connectivity index (χ0n) is 43.1. The molecule has 362 valence electrons. The van der Waals surface area contributed by atoms with Crippen molar-refractivity contribution in [3.8, 4) is 0 Å². The zero-order valence-corrected chi connectivity index (χ0v) is 44.6. The Morgan fingerprint density at radius 1 is 0.279 bits per heavy atom. The van der Waals surface area contributed by atoms with Crippen LogP contribution in [0.25, 0.3) is 0 Å². The molecular formula is C57H112O3Ti. The Hall–Kier alpha value is -0.276. The minimum absolute atomic E-state index is 0.144. The number of hydrogen-bond acceptors (Lipinski definition) is 3. The summed E-state index contributed by atoms with van der Waals surface area (Å²) in [7, 11) is 0. The fourth-order valence-corrected chi connectivity index (χ4v) is 16.5. The van der Waals surface area contributed by atoms with Gasteiger partial charge in [0.1, 0.15) is 0 Å². The van der Waals surface area contributed by atoms with Crippen LogP contribution in [0.1, 0.15) is 325 Å². The molecule has 0 rings (SSSR count). The summed E-state index contributed by atoms with van der Waals surface area (Å²) in [6, 6.07) is 0. The normalized spacial score (nSPS) is 12.1. The molecule has 0 aliphatic rings. The predicted molar refractivity (Wildman–Crippen MR) is 269 cm³/mol. The monoisotopic (exact) mass is 893 g/mol. The minimum atomic E-state index is -4.04. The van der Waals surface area contributed by atoms with Crippen molar-refractivity contribution >= 4 is 12.3 Å². The van der Waals surface area contributed by atoms with Crippen LogP contribution in [-0.4, -0.2) is 12.3 Å². The number of rotatable bonds is 50. The average molecular weight is 893 g/mol. The van der Waals surface area contributed by atoms with Gasteiger partial charge in [0, 0.05) is 0 Å². The molecule has 0 aliphatic carbocycles. The van der Waals surface area contributed by atoms with Gasteiger partial charge in [0.05, 0.1) is 0 Å². The van der Waals surface area contributed by atoms with Crippen LogP contribution in [0.5, 0.6) is 0 Å². The first-order valence-electron chi connectivity index (χ1n) is 28.2. The second-order valence-corrected chi connectivity index (χ2v) is 27.7. The summed E-state index contributed by atoms with van der Waals surface area (Å²) in [6.07, 6.45) is 52.2. The second kappa shape index (κ2) is 44.9. The molecule has 4 heteroatoms. The van der Waals surface area contributed by atoms with E-state index in [1.165, 1.54) is 212 Å². The van der Waals surface area contributed by atoms with Crippen LogP contribution in [0, 0.1) is 17.8 Å². The van der Waals surface area contributed by atoms with E-state index in [4.69, 9.17) is 0 Å². The van der Waals surface area contributed by atoms with Crippen molar-refractivity contribution in [3.63, 3.8) is 0 Å². The number of carbonyl (C=O) groups is 3. The van der Waals surface area contributed by atoms with E-state index in [2.05, 4.69) is 48.5 Å². The minimum Gasteiger partial charge on any atom is -0.0628 e. The Morgan fingerprint density at radius 2 is 0.443 bits per heavy atom. The van der Waals surface area contributed by atoms with Gasteiger partial charge in [-0.1, -0.05) is 99.3 Å². The molecule has 0 fully saturated rings. The first-order valence-corrected chi connectivity index (χ1v) is 31.6. The van der Waals surface area contributed by atoms with Gasteiger partial charge in [0.25, 0.3) is 0 Å².